The summed E-state index contributed by atoms with van der Waals surface area (Å²) in [5.74, 6) is 0.679. The van der Waals surface area contributed by atoms with Crippen molar-refractivity contribution in [3.63, 3.8) is 0 Å². The van der Waals surface area contributed by atoms with Crippen molar-refractivity contribution in [1.82, 2.24) is 15.5 Å². The van der Waals surface area contributed by atoms with E-state index >= 15 is 0 Å². The summed E-state index contributed by atoms with van der Waals surface area (Å²) >= 11 is 2.25. The molecule has 0 spiro atoms. The molecule has 0 atom stereocenters. The Kier molecular flexibility index (Phi) is 14.9. The molecule has 213 valence electrons. The Morgan fingerprint density at radius 3 is 2.15 bits per heavy atom. The fourth-order valence-corrected chi connectivity index (χ4v) is 5.72. The van der Waals surface area contributed by atoms with Crippen molar-refractivity contribution in [2.45, 2.75) is 90.5 Å². The highest BCUT2D eigenvalue weighted by molar-refractivity contribution is 14.1. The fourth-order valence-electron chi connectivity index (χ4n) is 5.18. The Morgan fingerprint density at radius 1 is 0.872 bits per heavy atom. The van der Waals surface area contributed by atoms with E-state index < -0.39 is 0 Å². The maximum atomic E-state index is 12.8. The maximum absolute atomic E-state index is 12.8. The second kappa shape index (κ2) is 18.4. The minimum absolute atomic E-state index is 0.0148. The lowest BCUT2D eigenvalue weighted by molar-refractivity contribution is 0.0689. The Balaban J connectivity index is 1.23. The molecule has 1 saturated heterocycles. The maximum Gasteiger partial charge on any atom is 0.253 e. The van der Waals surface area contributed by atoms with Gasteiger partial charge in [0.05, 0.1) is 0 Å². The second-order valence-electron chi connectivity index (χ2n) is 10.9. The van der Waals surface area contributed by atoms with Crippen LogP contribution >= 0.6 is 22.6 Å². The number of carbonyl (C=O) groups is 2. The molecule has 1 aliphatic rings. The Morgan fingerprint density at radius 2 is 1.51 bits per heavy atom. The van der Waals surface area contributed by atoms with Gasteiger partial charge in [-0.3, -0.25) is 9.59 Å². The summed E-state index contributed by atoms with van der Waals surface area (Å²) in [5.41, 5.74) is 2.63. The van der Waals surface area contributed by atoms with Crippen LogP contribution in [0, 0.1) is 9.49 Å². The number of nitrogens with zero attached hydrogens (tertiary/aromatic N) is 2. The number of amides is 2. The van der Waals surface area contributed by atoms with Crippen LogP contribution in [0.4, 0.5) is 0 Å². The van der Waals surface area contributed by atoms with E-state index in [0.717, 1.165) is 65.7 Å². The van der Waals surface area contributed by atoms with Crippen molar-refractivity contribution in [1.29, 1.82) is 0 Å². The number of benzene rings is 2. The molecule has 2 aromatic carbocycles. The van der Waals surface area contributed by atoms with Crippen LogP contribution in [0.1, 0.15) is 110 Å². The molecule has 3 rings (SSSR count). The van der Waals surface area contributed by atoms with Crippen LogP contribution in [0.25, 0.3) is 0 Å². The Hall–Kier alpha value is -1.93. The highest BCUT2D eigenvalue weighted by Crippen LogP contribution is 2.20. The van der Waals surface area contributed by atoms with Gasteiger partial charge in [0, 0.05) is 47.4 Å². The zero-order chi connectivity index (χ0) is 27.7. The number of carbonyl (C=O) groups excluding carboxylic acids is 2. The summed E-state index contributed by atoms with van der Waals surface area (Å²) in [5, 5.41) is 7.85. The predicted octanol–water partition coefficient (Wildman–Crippen LogP) is 7.60. The van der Waals surface area contributed by atoms with Crippen LogP contribution < -0.4 is 10.6 Å². The highest BCUT2D eigenvalue weighted by Gasteiger charge is 2.23. The molecule has 1 N–H and O–H groups in total. The molecule has 5 nitrogen and oxygen atoms in total. The zero-order valence-electron chi connectivity index (χ0n) is 23.8. The van der Waals surface area contributed by atoms with E-state index in [1.807, 2.05) is 53.4 Å². The zero-order valence-corrected chi connectivity index (χ0v) is 26.0. The first-order valence-electron chi connectivity index (χ1n) is 15.1. The Labute approximate surface area is 250 Å². The second-order valence-corrected chi connectivity index (χ2v) is 12.2. The summed E-state index contributed by atoms with van der Waals surface area (Å²) in [7, 11) is 0. The quantitative estimate of drug-likeness (QED) is 0.142. The van der Waals surface area contributed by atoms with Gasteiger partial charge < -0.3 is 10.2 Å². The number of nitrogens with one attached hydrogen (secondary N) is 1. The molecule has 0 aromatic heterocycles. The average Bonchev–Trinajstić information content (AvgIpc) is 2.96. The normalized spacial score (nSPS) is 13.9. The standard InChI is InChI=1S/C33H47IN3O2/c1-2-3-4-5-6-7-8-9-10-11-21-36-32(38)29-17-15-27(16-18-29)25-35-26-28-19-22-37(23-20-28)33(39)30-13-12-14-31(34)24-30/h12-18,24,28H,2-11,19-23,25-26H2,1H3,(H,36,38). The molecule has 6 heteroatoms. The van der Waals surface area contributed by atoms with E-state index in [0.29, 0.717) is 12.5 Å². The van der Waals surface area contributed by atoms with Gasteiger partial charge in [-0.15, -0.1) is 0 Å². The van der Waals surface area contributed by atoms with Crippen molar-refractivity contribution in [2.24, 2.45) is 5.92 Å². The molecule has 1 fully saturated rings. The number of likely N-dealkylation sites (tertiary alicyclic amines) is 1. The van der Waals surface area contributed by atoms with Gasteiger partial charge in [-0.05, 0) is 83.7 Å². The molecule has 2 aromatic rings. The SMILES string of the molecule is CCCCCCCCCCCCNC(=O)c1ccc(C[N]CC2CCN(C(=O)c3cccc(I)c3)CC2)cc1. The van der Waals surface area contributed by atoms with Crippen molar-refractivity contribution in [3.8, 4) is 0 Å². The lowest BCUT2D eigenvalue weighted by atomic mass is 9.96. The molecule has 1 heterocycles. The monoisotopic (exact) mass is 644 g/mol. The number of hydrogen-bond acceptors (Lipinski definition) is 2. The summed E-state index contributed by atoms with van der Waals surface area (Å²) in [6.45, 7) is 6.10. The first-order valence-corrected chi connectivity index (χ1v) is 16.2. The van der Waals surface area contributed by atoms with E-state index in [-0.39, 0.29) is 11.8 Å². The molecule has 0 saturated carbocycles. The van der Waals surface area contributed by atoms with Crippen LogP contribution in [-0.2, 0) is 6.54 Å². The van der Waals surface area contributed by atoms with Gasteiger partial charge in [-0.25, -0.2) is 5.32 Å². The van der Waals surface area contributed by atoms with Crippen LogP contribution in [0.5, 0.6) is 0 Å². The van der Waals surface area contributed by atoms with Crippen molar-refractivity contribution in [2.75, 3.05) is 26.2 Å². The smallest absolute Gasteiger partial charge is 0.253 e. The van der Waals surface area contributed by atoms with E-state index in [2.05, 4.69) is 34.8 Å². The minimum Gasteiger partial charge on any atom is -0.352 e. The van der Waals surface area contributed by atoms with E-state index in [1.54, 1.807) is 0 Å². The Bertz CT molecular complexity index is 987. The van der Waals surface area contributed by atoms with Gasteiger partial charge in [-0.2, -0.15) is 0 Å². The van der Waals surface area contributed by atoms with Gasteiger partial charge in [0.1, 0.15) is 0 Å². The van der Waals surface area contributed by atoms with Crippen LogP contribution in [0.15, 0.2) is 48.5 Å². The summed E-state index contributed by atoms with van der Waals surface area (Å²) in [4.78, 5) is 27.2. The third-order valence-electron chi connectivity index (χ3n) is 7.69. The third kappa shape index (κ3) is 12.0. The van der Waals surface area contributed by atoms with Gasteiger partial charge in [0.25, 0.3) is 11.8 Å². The third-order valence-corrected chi connectivity index (χ3v) is 8.36. The van der Waals surface area contributed by atoms with Crippen LogP contribution in [0.3, 0.4) is 0 Å². The van der Waals surface area contributed by atoms with Crippen molar-refractivity contribution >= 4 is 34.4 Å². The van der Waals surface area contributed by atoms with Crippen LogP contribution in [0.2, 0.25) is 0 Å². The number of hydrogen-bond donors (Lipinski definition) is 1. The largest absolute Gasteiger partial charge is 0.352 e. The highest BCUT2D eigenvalue weighted by atomic mass is 127. The lowest BCUT2D eigenvalue weighted by Gasteiger charge is -2.32. The average molecular weight is 645 g/mol. The molecule has 1 aliphatic heterocycles. The number of halogens is 1. The predicted molar refractivity (Wildman–Crippen MR) is 169 cm³/mol. The first kappa shape index (κ1) is 31.6. The van der Waals surface area contributed by atoms with Gasteiger partial charge >= 0.3 is 0 Å². The molecule has 39 heavy (non-hydrogen) atoms. The number of rotatable bonds is 17. The van der Waals surface area contributed by atoms with E-state index in [1.165, 1.54) is 57.8 Å². The number of unbranched alkanes of at least 4 members (excludes halogenated alkanes) is 9. The number of piperidine rings is 1. The molecule has 1 radical (unpaired) electrons. The topological polar surface area (TPSA) is 63.5 Å². The molecular weight excluding hydrogens is 597 g/mol. The van der Waals surface area contributed by atoms with Crippen molar-refractivity contribution < 1.29 is 9.59 Å². The van der Waals surface area contributed by atoms with E-state index in [4.69, 9.17) is 5.32 Å². The molecule has 0 unspecified atom stereocenters. The van der Waals surface area contributed by atoms with Gasteiger partial charge in [0.2, 0.25) is 0 Å². The van der Waals surface area contributed by atoms with Crippen LogP contribution in [-0.4, -0.2) is 42.9 Å². The van der Waals surface area contributed by atoms with Crippen molar-refractivity contribution in [3.05, 3.63) is 68.8 Å². The molecule has 0 aliphatic carbocycles. The first-order chi connectivity index (χ1) is 19.1. The minimum atomic E-state index is 0.0148. The molecule has 0 bridgehead atoms. The molecule has 2 amide bonds. The fraction of sp³-hybridized carbons (Fsp3) is 0.576. The lowest BCUT2D eigenvalue weighted by Crippen LogP contribution is -2.40. The molecular formula is C33H47IN3O2. The van der Waals surface area contributed by atoms with Gasteiger partial charge in [-0.1, -0.05) is 82.9 Å². The summed E-state index contributed by atoms with van der Waals surface area (Å²) in [6.07, 6.45) is 15.0. The van der Waals surface area contributed by atoms with E-state index in [9.17, 15) is 9.59 Å². The van der Waals surface area contributed by atoms with Gasteiger partial charge in [0.15, 0.2) is 0 Å². The summed E-state index contributed by atoms with van der Waals surface area (Å²) < 4.78 is 1.09. The summed E-state index contributed by atoms with van der Waals surface area (Å²) in [6, 6.07) is 15.7.